The molecule has 3 N–H and O–H groups in total. The van der Waals surface area contributed by atoms with Gasteiger partial charge in [0, 0.05) is 25.1 Å². The molecule has 0 spiro atoms. The van der Waals surface area contributed by atoms with Crippen molar-refractivity contribution in [2.45, 2.75) is 13.3 Å². The Hall–Kier alpha value is -1.46. The summed E-state index contributed by atoms with van der Waals surface area (Å²) in [6.45, 7) is 3.95. The Morgan fingerprint density at radius 1 is 1.44 bits per heavy atom. The molecular weight excluding hydrogens is 235 g/mol. The van der Waals surface area contributed by atoms with Crippen molar-refractivity contribution in [3.63, 3.8) is 0 Å². The van der Waals surface area contributed by atoms with E-state index in [2.05, 4.69) is 0 Å². The van der Waals surface area contributed by atoms with Crippen LogP contribution in [0.3, 0.4) is 0 Å². The van der Waals surface area contributed by atoms with E-state index < -0.39 is 5.82 Å². The SMILES string of the molecule is CCN(CCO)CCC(=O)c1ccc(F)c(N)c1. The summed E-state index contributed by atoms with van der Waals surface area (Å²) in [4.78, 5) is 13.8. The van der Waals surface area contributed by atoms with Gasteiger partial charge in [0.2, 0.25) is 0 Å². The fourth-order valence-electron chi connectivity index (χ4n) is 1.69. The van der Waals surface area contributed by atoms with Crippen LogP contribution in [-0.2, 0) is 0 Å². The maximum Gasteiger partial charge on any atom is 0.164 e. The molecule has 0 aliphatic carbocycles. The molecule has 1 aromatic carbocycles. The Kier molecular flexibility index (Phi) is 5.74. The maximum atomic E-state index is 13.0. The summed E-state index contributed by atoms with van der Waals surface area (Å²) in [6.07, 6.45) is 0.332. The molecule has 0 aliphatic heterocycles. The highest BCUT2D eigenvalue weighted by atomic mass is 19.1. The number of rotatable bonds is 7. The Balaban J connectivity index is 2.57. The molecule has 0 bridgehead atoms. The molecule has 100 valence electrons. The highest BCUT2D eigenvalue weighted by Crippen LogP contribution is 2.13. The van der Waals surface area contributed by atoms with E-state index in [-0.39, 0.29) is 18.1 Å². The van der Waals surface area contributed by atoms with Crippen LogP contribution in [0.25, 0.3) is 0 Å². The number of likely N-dealkylation sites (N-methyl/N-ethyl adjacent to an activating group) is 1. The fourth-order valence-corrected chi connectivity index (χ4v) is 1.69. The Morgan fingerprint density at radius 3 is 2.72 bits per heavy atom. The van der Waals surface area contributed by atoms with E-state index in [0.717, 1.165) is 6.54 Å². The number of hydrogen-bond acceptors (Lipinski definition) is 4. The van der Waals surface area contributed by atoms with Crippen molar-refractivity contribution in [2.24, 2.45) is 0 Å². The summed E-state index contributed by atoms with van der Waals surface area (Å²) in [5.41, 5.74) is 5.83. The molecule has 1 rings (SSSR count). The van der Waals surface area contributed by atoms with Crippen LogP contribution >= 0.6 is 0 Å². The van der Waals surface area contributed by atoms with Crippen molar-refractivity contribution in [3.05, 3.63) is 29.6 Å². The van der Waals surface area contributed by atoms with Gasteiger partial charge in [-0.25, -0.2) is 4.39 Å². The van der Waals surface area contributed by atoms with Crippen molar-refractivity contribution >= 4 is 11.5 Å². The number of halogens is 1. The van der Waals surface area contributed by atoms with E-state index in [1.165, 1.54) is 18.2 Å². The number of hydrogen-bond donors (Lipinski definition) is 2. The highest BCUT2D eigenvalue weighted by molar-refractivity contribution is 5.96. The maximum absolute atomic E-state index is 13.0. The van der Waals surface area contributed by atoms with E-state index in [1.54, 1.807) is 0 Å². The van der Waals surface area contributed by atoms with Gasteiger partial charge < -0.3 is 15.7 Å². The summed E-state index contributed by atoms with van der Waals surface area (Å²) in [5, 5.41) is 8.83. The largest absolute Gasteiger partial charge is 0.396 e. The second kappa shape index (κ2) is 7.08. The van der Waals surface area contributed by atoms with Crippen molar-refractivity contribution < 1.29 is 14.3 Å². The van der Waals surface area contributed by atoms with Crippen molar-refractivity contribution in [1.29, 1.82) is 0 Å². The van der Waals surface area contributed by atoms with Crippen LogP contribution in [0.15, 0.2) is 18.2 Å². The van der Waals surface area contributed by atoms with Gasteiger partial charge in [0.1, 0.15) is 5.82 Å². The number of nitrogens with two attached hydrogens (primary N) is 1. The number of carbonyl (C=O) groups is 1. The Labute approximate surface area is 106 Å². The number of nitrogen functional groups attached to an aromatic ring is 1. The summed E-state index contributed by atoms with van der Waals surface area (Å²) in [7, 11) is 0. The third kappa shape index (κ3) is 4.09. The number of ketones is 1. The molecule has 1 aromatic rings. The lowest BCUT2D eigenvalue weighted by molar-refractivity contribution is 0.0959. The Bertz CT molecular complexity index is 410. The lowest BCUT2D eigenvalue weighted by atomic mass is 10.1. The van der Waals surface area contributed by atoms with Gasteiger partial charge in [0.15, 0.2) is 5.78 Å². The predicted molar refractivity (Wildman–Crippen MR) is 69.0 cm³/mol. The Morgan fingerprint density at radius 2 is 2.17 bits per heavy atom. The first-order chi connectivity index (χ1) is 8.58. The van der Waals surface area contributed by atoms with Gasteiger partial charge in [-0.05, 0) is 24.7 Å². The smallest absolute Gasteiger partial charge is 0.164 e. The lowest BCUT2D eigenvalue weighted by Crippen LogP contribution is -2.29. The van der Waals surface area contributed by atoms with Crippen LogP contribution in [0.2, 0.25) is 0 Å². The first-order valence-electron chi connectivity index (χ1n) is 6.00. The van der Waals surface area contributed by atoms with E-state index >= 15 is 0 Å². The number of benzene rings is 1. The molecule has 0 amide bonds. The number of Topliss-reactive ketones (excluding diaryl/α,β-unsaturated/α-hetero) is 1. The van der Waals surface area contributed by atoms with Gasteiger partial charge in [0.25, 0.3) is 0 Å². The quantitative estimate of drug-likeness (QED) is 0.568. The van der Waals surface area contributed by atoms with Gasteiger partial charge in [0.05, 0.1) is 12.3 Å². The zero-order chi connectivity index (χ0) is 13.5. The first kappa shape index (κ1) is 14.6. The molecule has 0 aliphatic rings. The summed E-state index contributed by atoms with van der Waals surface area (Å²) in [6, 6.07) is 4.00. The number of carbonyl (C=O) groups excluding carboxylic acids is 1. The van der Waals surface area contributed by atoms with Gasteiger partial charge in [-0.3, -0.25) is 4.79 Å². The van der Waals surface area contributed by atoms with Crippen molar-refractivity contribution in [3.8, 4) is 0 Å². The third-order valence-corrected chi connectivity index (χ3v) is 2.84. The van der Waals surface area contributed by atoms with Gasteiger partial charge in [-0.15, -0.1) is 0 Å². The standard InChI is InChI=1S/C13H19FN2O2/c1-2-16(7-8-17)6-5-13(18)10-3-4-11(14)12(15)9-10/h3-4,9,17H,2,5-8,15H2,1H3. The minimum absolute atomic E-state index is 0.0106. The molecule has 4 nitrogen and oxygen atoms in total. The van der Waals surface area contributed by atoms with E-state index in [9.17, 15) is 9.18 Å². The molecular formula is C13H19FN2O2. The first-order valence-corrected chi connectivity index (χ1v) is 6.00. The number of aliphatic hydroxyl groups excluding tert-OH is 1. The van der Waals surface area contributed by atoms with Crippen LogP contribution in [0.5, 0.6) is 0 Å². The van der Waals surface area contributed by atoms with Gasteiger partial charge in [-0.2, -0.15) is 0 Å². The van der Waals surface area contributed by atoms with Crippen molar-refractivity contribution in [2.75, 3.05) is 32.0 Å². The molecule has 0 unspecified atom stereocenters. The zero-order valence-corrected chi connectivity index (χ0v) is 10.5. The average Bonchev–Trinajstić information content (AvgIpc) is 2.37. The molecule has 0 saturated carbocycles. The molecule has 0 radical (unpaired) electrons. The molecule has 18 heavy (non-hydrogen) atoms. The molecule has 0 saturated heterocycles. The molecule has 0 heterocycles. The fraction of sp³-hybridized carbons (Fsp3) is 0.462. The summed E-state index contributed by atoms with van der Waals surface area (Å²) in [5.74, 6) is -0.583. The number of nitrogens with zero attached hydrogens (tertiary/aromatic N) is 1. The van der Waals surface area contributed by atoms with Crippen LogP contribution in [0.4, 0.5) is 10.1 Å². The average molecular weight is 254 g/mol. The normalized spacial score (nSPS) is 10.9. The lowest BCUT2D eigenvalue weighted by Gasteiger charge is -2.18. The van der Waals surface area contributed by atoms with Crippen LogP contribution in [0, 0.1) is 5.82 Å². The molecule has 5 heteroatoms. The summed E-state index contributed by atoms with van der Waals surface area (Å²) >= 11 is 0. The predicted octanol–water partition coefficient (Wildman–Crippen LogP) is 1.29. The minimum Gasteiger partial charge on any atom is -0.396 e. The van der Waals surface area contributed by atoms with Crippen LogP contribution in [-0.4, -0.2) is 42.0 Å². The minimum atomic E-state index is -0.512. The topological polar surface area (TPSA) is 66.6 Å². The van der Waals surface area contributed by atoms with Crippen molar-refractivity contribution in [1.82, 2.24) is 4.90 Å². The summed E-state index contributed by atoms with van der Waals surface area (Å²) < 4.78 is 13.0. The van der Waals surface area contributed by atoms with E-state index in [0.29, 0.717) is 25.1 Å². The molecule has 0 aromatic heterocycles. The number of aliphatic hydroxyl groups is 1. The zero-order valence-electron chi connectivity index (χ0n) is 10.5. The monoisotopic (exact) mass is 254 g/mol. The van der Waals surface area contributed by atoms with E-state index in [1.807, 2.05) is 11.8 Å². The second-order valence-electron chi connectivity index (χ2n) is 4.07. The molecule has 0 fully saturated rings. The highest BCUT2D eigenvalue weighted by Gasteiger charge is 2.10. The number of anilines is 1. The van der Waals surface area contributed by atoms with Gasteiger partial charge >= 0.3 is 0 Å². The van der Waals surface area contributed by atoms with Gasteiger partial charge in [-0.1, -0.05) is 6.92 Å². The van der Waals surface area contributed by atoms with Crippen LogP contribution in [0.1, 0.15) is 23.7 Å². The second-order valence-corrected chi connectivity index (χ2v) is 4.07. The van der Waals surface area contributed by atoms with Crippen LogP contribution < -0.4 is 5.73 Å². The molecule has 0 atom stereocenters. The van der Waals surface area contributed by atoms with E-state index in [4.69, 9.17) is 10.8 Å². The third-order valence-electron chi connectivity index (χ3n) is 2.84.